The van der Waals surface area contributed by atoms with Gasteiger partial charge in [0.2, 0.25) is 5.91 Å². The maximum Gasteiger partial charge on any atom is 0.220 e. The summed E-state index contributed by atoms with van der Waals surface area (Å²) in [5, 5.41) is 3.06. The number of amides is 1. The molecule has 5 nitrogen and oxygen atoms in total. The van der Waals surface area contributed by atoms with Gasteiger partial charge >= 0.3 is 0 Å². The molecule has 0 aromatic heterocycles. The lowest BCUT2D eigenvalue weighted by Gasteiger charge is -2.29. The van der Waals surface area contributed by atoms with Crippen LogP contribution in [0.2, 0.25) is 0 Å². The van der Waals surface area contributed by atoms with Crippen molar-refractivity contribution in [3.63, 3.8) is 0 Å². The van der Waals surface area contributed by atoms with Crippen LogP contribution in [0.25, 0.3) is 0 Å². The van der Waals surface area contributed by atoms with Crippen LogP contribution in [0, 0.1) is 6.92 Å². The predicted molar refractivity (Wildman–Crippen MR) is 114 cm³/mol. The third-order valence-corrected chi connectivity index (χ3v) is 5.61. The summed E-state index contributed by atoms with van der Waals surface area (Å²) in [4.78, 5) is 27.2. The second kappa shape index (κ2) is 10.2. The number of nitrogens with one attached hydrogen (secondary N) is 1. The molecule has 0 spiro atoms. The first-order chi connectivity index (χ1) is 14.1. The molecule has 1 aliphatic rings. The lowest BCUT2D eigenvalue weighted by atomic mass is 10.00. The van der Waals surface area contributed by atoms with E-state index in [1.165, 1.54) is 24.0 Å². The van der Waals surface area contributed by atoms with Gasteiger partial charge in [-0.05, 0) is 68.2 Å². The largest absolute Gasteiger partial charge is 0.497 e. The van der Waals surface area contributed by atoms with Gasteiger partial charge in [0.05, 0.1) is 13.2 Å². The number of carbonyl (C=O) groups is 2. The third kappa shape index (κ3) is 5.67. The average Bonchev–Trinajstić information content (AvgIpc) is 3.28. The van der Waals surface area contributed by atoms with Crippen LogP contribution in [0.15, 0.2) is 48.5 Å². The molecule has 1 fully saturated rings. The number of likely N-dealkylation sites (tertiary alicyclic amines) is 1. The molecule has 1 heterocycles. The molecular weight excluding hydrogens is 364 g/mol. The summed E-state index contributed by atoms with van der Waals surface area (Å²) < 4.78 is 5.11. The monoisotopic (exact) mass is 394 g/mol. The number of rotatable bonds is 9. The number of aryl methyl sites for hydroxylation is 1. The molecule has 1 amide bonds. The summed E-state index contributed by atoms with van der Waals surface area (Å²) in [6.07, 6.45) is 2.81. The van der Waals surface area contributed by atoms with Crippen molar-refractivity contribution in [1.29, 1.82) is 0 Å². The number of carbonyl (C=O) groups excluding carboxylic acids is 2. The Morgan fingerprint density at radius 3 is 2.38 bits per heavy atom. The van der Waals surface area contributed by atoms with Crippen molar-refractivity contribution in [2.45, 2.75) is 38.6 Å². The van der Waals surface area contributed by atoms with Crippen LogP contribution in [0.3, 0.4) is 0 Å². The first-order valence-electron chi connectivity index (χ1n) is 10.3. The Hall–Kier alpha value is -2.66. The van der Waals surface area contributed by atoms with E-state index in [1.807, 2.05) is 6.07 Å². The van der Waals surface area contributed by atoms with Gasteiger partial charge in [0.1, 0.15) is 5.75 Å². The predicted octanol–water partition coefficient (Wildman–Crippen LogP) is 3.92. The number of benzene rings is 2. The van der Waals surface area contributed by atoms with Gasteiger partial charge in [-0.15, -0.1) is 0 Å². The van der Waals surface area contributed by atoms with Gasteiger partial charge < -0.3 is 10.1 Å². The van der Waals surface area contributed by atoms with Gasteiger partial charge in [-0.2, -0.15) is 0 Å². The van der Waals surface area contributed by atoms with E-state index in [1.54, 1.807) is 31.4 Å². The van der Waals surface area contributed by atoms with Crippen LogP contribution < -0.4 is 10.1 Å². The number of hydrogen-bond donors (Lipinski definition) is 1. The van der Waals surface area contributed by atoms with E-state index in [0.29, 0.717) is 17.9 Å². The number of ether oxygens (including phenoxy) is 1. The van der Waals surface area contributed by atoms with Crippen LogP contribution in [-0.2, 0) is 4.79 Å². The van der Waals surface area contributed by atoms with Crippen LogP contribution in [0.1, 0.15) is 53.2 Å². The van der Waals surface area contributed by atoms with Gasteiger partial charge in [0.25, 0.3) is 0 Å². The number of nitrogens with zero attached hydrogens (tertiary/aromatic N) is 1. The molecule has 5 heteroatoms. The lowest BCUT2D eigenvalue weighted by Crippen LogP contribution is -2.37. The molecular formula is C24H30N2O3. The minimum Gasteiger partial charge on any atom is -0.497 e. The topological polar surface area (TPSA) is 58.6 Å². The van der Waals surface area contributed by atoms with Crippen molar-refractivity contribution in [1.82, 2.24) is 10.2 Å². The normalized spacial score (nSPS) is 15.1. The Labute approximate surface area is 173 Å². The molecule has 1 saturated heterocycles. The number of Topliss-reactive ketones (excluding diaryl/α,β-unsaturated/α-hetero) is 1. The maximum absolute atomic E-state index is 12.4. The van der Waals surface area contributed by atoms with E-state index in [2.05, 4.69) is 35.3 Å². The first kappa shape index (κ1) is 21.1. The van der Waals surface area contributed by atoms with E-state index in [0.717, 1.165) is 13.1 Å². The maximum atomic E-state index is 12.4. The van der Waals surface area contributed by atoms with Gasteiger partial charge in [-0.1, -0.05) is 24.3 Å². The molecule has 0 saturated carbocycles. The SMILES string of the molecule is COc1ccc(C(=O)CCC(=O)NCC(c2ccccc2C)N2CCCC2)cc1. The average molecular weight is 395 g/mol. The summed E-state index contributed by atoms with van der Waals surface area (Å²) in [5.74, 6) is 0.603. The molecule has 3 rings (SSSR count). The second-order valence-electron chi connectivity index (χ2n) is 7.57. The fraction of sp³-hybridized carbons (Fsp3) is 0.417. The van der Waals surface area contributed by atoms with Crippen molar-refractivity contribution >= 4 is 11.7 Å². The summed E-state index contributed by atoms with van der Waals surface area (Å²) in [7, 11) is 1.59. The van der Waals surface area contributed by atoms with Gasteiger partial charge in [-0.25, -0.2) is 0 Å². The smallest absolute Gasteiger partial charge is 0.220 e. The lowest BCUT2D eigenvalue weighted by molar-refractivity contribution is -0.121. The zero-order chi connectivity index (χ0) is 20.6. The van der Waals surface area contributed by atoms with Crippen molar-refractivity contribution in [2.24, 2.45) is 0 Å². The summed E-state index contributed by atoms with van der Waals surface area (Å²) >= 11 is 0. The Kier molecular flexibility index (Phi) is 7.42. The van der Waals surface area contributed by atoms with E-state index in [4.69, 9.17) is 4.74 Å². The van der Waals surface area contributed by atoms with Crippen molar-refractivity contribution in [3.8, 4) is 5.75 Å². The molecule has 1 N–H and O–H groups in total. The molecule has 2 aromatic rings. The summed E-state index contributed by atoms with van der Waals surface area (Å²) in [6.45, 7) is 4.81. The van der Waals surface area contributed by atoms with Crippen molar-refractivity contribution in [2.75, 3.05) is 26.7 Å². The Bertz CT molecular complexity index is 826. The highest BCUT2D eigenvalue weighted by Crippen LogP contribution is 2.27. The zero-order valence-electron chi connectivity index (χ0n) is 17.3. The molecule has 154 valence electrons. The van der Waals surface area contributed by atoms with Crippen LogP contribution >= 0.6 is 0 Å². The number of methoxy groups -OCH3 is 1. The molecule has 29 heavy (non-hydrogen) atoms. The van der Waals surface area contributed by atoms with Crippen LogP contribution in [0.5, 0.6) is 5.75 Å². The highest BCUT2D eigenvalue weighted by atomic mass is 16.5. The van der Waals surface area contributed by atoms with E-state index >= 15 is 0 Å². The van der Waals surface area contributed by atoms with E-state index < -0.39 is 0 Å². The Morgan fingerprint density at radius 1 is 1.03 bits per heavy atom. The van der Waals surface area contributed by atoms with E-state index in [-0.39, 0.29) is 30.6 Å². The number of ketones is 1. The Balaban J connectivity index is 1.54. The first-order valence-corrected chi connectivity index (χ1v) is 10.3. The summed E-state index contributed by atoms with van der Waals surface area (Å²) in [6, 6.07) is 15.5. The van der Waals surface area contributed by atoms with Crippen molar-refractivity contribution < 1.29 is 14.3 Å². The van der Waals surface area contributed by atoms with Crippen molar-refractivity contribution in [3.05, 3.63) is 65.2 Å². The fourth-order valence-corrected chi connectivity index (χ4v) is 3.90. The minimum absolute atomic E-state index is 0.0298. The molecule has 0 aliphatic carbocycles. The van der Waals surface area contributed by atoms with Crippen LogP contribution in [-0.4, -0.2) is 43.3 Å². The fourth-order valence-electron chi connectivity index (χ4n) is 3.90. The summed E-state index contributed by atoms with van der Waals surface area (Å²) in [5.41, 5.74) is 3.12. The molecule has 1 aliphatic heterocycles. The van der Waals surface area contributed by atoms with Crippen LogP contribution in [0.4, 0.5) is 0 Å². The van der Waals surface area contributed by atoms with E-state index in [9.17, 15) is 9.59 Å². The molecule has 1 atom stereocenters. The van der Waals surface area contributed by atoms with Gasteiger partial charge in [-0.3, -0.25) is 14.5 Å². The number of hydrogen-bond acceptors (Lipinski definition) is 4. The molecule has 0 radical (unpaired) electrons. The zero-order valence-corrected chi connectivity index (χ0v) is 17.3. The molecule has 1 unspecified atom stereocenters. The quantitative estimate of drug-likeness (QED) is 0.655. The highest BCUT2D eigenvalue weighted by Gasteiger charge is 2.25. The molecule has 2 aromatic carbocycles. The minimum atomic E-state index is -0.0790. The Morgan fingerprint density at radius 2 is 1.72 bits per heavy atom. The van der Waals surface area contributed by atoms with Gasteiger partial charge in [0.15, 0.2) is 5.78 Å². The standard InChI is InChI=1S/C24H30N2O3/c1-18-7-3-4-8-21(18)22(26-15-5-6-16-26)17-25-24(28)14-13-23(27)19-9-11-20(29-2)12-10-19/h3-4,7-12,22H,5-6,13-17H2,1-2H3,(H,25,28). The third-order valence-electron chi connectivity index (χ3n) is 5.61. The highest BCUT2D eigenvalue weighted by molar-refractivity contribution is 5.98. The van der Waals surface area contributed by atoms with Gasteiger partial charge in [0, 0.05) is 24.9 Å². The molecule has 0 bridgehead atoms. The second-order valence-corrected chi connectivity index (χ2v) is 7.57.